The number of amides is 1. The van der Waals surface area contributed by atoms with Gasteiger partial charge in [0.05, 0.1) is 19.3 Å². The predicted octanol–water partition coefficient (Wildman–Crippen LogP) is 0.499. The van der Waals surface area contributed by atoms with Crippen LogP contribution in [0.15, 0.2) is 0 Å². The van der Waals surface area contributed by atoms with Gasteiger partial charge in [-0.05, 0) is 19.3 Å². The third kappa shape index (κ3) is 3.73. The van der Waals surface area contributed by atoms with Crippen molar-refractivity contribution in [1.82, 2.24) is 15.1 Å². The van der Waals surface area contributed by atoms with Crippen LogP contribution in [0.3, 0.4) is 0 Å². The van der Waals surface area contributed by atoms with Gasteiger partial charge in [-0.3, -0.25) is 9.89 Å². The van der Waals surface area contributed by atoms with E-state index in [0.29, 0.717) is 12.2 Å². The molecule has 2 rings (SSSR count). The van der Waals surface area contributed by atoms with E-state index in [-0.39, 0.29) is 25.0 Å². The summed E-state index contributed by atoms with van der Waals surface area (Å²) in [6, 6.07) is -0.574. The summed E-state index contributed by atoms with van der Waals surface area (Å²) in [4.78, 5) is 14.6. The minimum atomic E-state index is -1.02. The average molecular weight is 325 g/mol. The number of carbonyl (C=O) groups excluding carboxylic acids is 1. The Hall–Kier alpha value is -1.44. The van der Waals surface area contributed by atoms with Gasteiger partial charge in [0.15, 0.2) is 5.69 Å². The summed E-state index contributed by atoms with van der Waals surface area (Å²) >= 11 is 0. The Morgan fingerprint density at radius 1 is 1.43 bits per heavy atom. The Morgan fingerprint density at radius 3 is 2.70 bits per heavy atom. The second kappa shape index (κ2) is 7.42. The molecule has 0 bridgehead atoms. The molecule has 0 radical (unpaired) electrons. The van der Waals surface area contributed by atoms with Crippen molar-refractivity contribution in [2.24, 2.45) is 5.92 Å². The van der Waals surface area contributed by atoms with Gasteiger partial charge in [-0.25, -0.2) is 0 Å². The number of nitrogens with zero attached hydrogens (tertiary/aromatic N) is 2. The van der Waals surface area contributed by atoms with Gasteiger partial charge in [-0.2, -0.15) is 5.10 Å². The number of ether oxygens (including phenoxy) is 1. The van der Waals surface area contributed by atoms with E-state index in [0.717, 1.165) is 17.7 Å². The Morgan fingerprint density at radius 2 is 2.13 bits per heavy atom. The highest BCUT2D eigenvalue weighted by atomic mass is 16.5. The average Bonchev–Trinajstić information content (AvgIpc) is 2.88. The molecule has 1 amide bonds. The molecule has 3 atom stereocenters. The molecule has 130 valence electrons. The van der Waals surface area contributed by atoms with Crippen molar-refractivity contribution in [2.45, 2.75) is 52.4 Å². The van der Waals surface area contributed by atoms with E-state index in [9.17, 15) is 15.0 Å². The van der Waals surface area contributed by atoms with Crippen LogP contribution in [-0.4, -0.2) is 69.2 Å². The molecule has 1 aliphatic rings. The fraction of sp³-hybridized carbons (Fsp3) is 0.750. The van der Waals surface area contributed by atoms with Crippen LogP contribution in [0.25, 0.3) is 0 Å². The zero-order valence-electron chi connectivity index (χ0n) is 14.2. The maximum Gasteiger partial charge on any atom is 0.275 e. The zero-order valence-corrected chi connectivity index (χ0v) is 14.2. The van der Waals surface area contributed by atoms with Crippen LogP contribution in [0.5, 0.6) is 0 Å². The zero-order chi connectivity index (χ0) is 17.1. The van der Waals surface area contributed by atoms with Gasteiger partial charge >= 0.3 is 0 Å². The van der Waals surface area contributed by atoms with Crippen LogP contribution in [0, 0.1) is 12.8 Å². The van der Waals surface area contributed by atoms with Crippen molar-refractivity contribution in [3.05, 3.63) is 17.0 Å². The quantitative estimate of drug-likeness (QED) is 0.732. The number of aliphatic hydroxyl groups is 2. The maximum absolute atomic E-state index is 13.0. The predicted molar refractivity (Wildman–Crippen MR) is 85.2 cm³/mol. The van der Waals surface area contributed by atoms with Crippen LogP contribution in [0.1, 0.15) is 42.5 Å². The lowest BCUT2D eigenvalue weighted by molar-refractivity contribution is -0.126. The van der Waals surface area contributed by atoms with E-state index in [1.54, 1.807) is 4.90 Å². The van der Waals surface area contributed by atoms with Crippen molar-refractivity contribution in [1.29, 1.82) is 0 Å². The van der Waals surface area contributed by atoms with E-state index < -0.39 is 18.2 Å². The molecule has 0 unspecified atom stereocenters. The third-order valence-electron chi connectivity index (χ3n) is 4.26. The molecule has 0 aliphatic carbocycles. The standard InChI is InChI=1S/C16H27N3O4/c1-5-11-10(4)14(18-17-11)16(22)19(6-9(2)3)12-7-23-8-13(20)15(12)21/h9,12-13,15,20-21H,5-8H2,1-4H3,(H,17,18)/t12-,13-,15+/m1/s1. The van der Waals surface area contributed by atoms with Crippen LogP contribution in [-0.2, 0) is 11.2 Å². The third-order valence-corrected chi connectivity index (χ3v) is 4.26. The minimum absolute atomic E-state index is 0.0861. The van der Waals surface area contributed by atoms with Gasteiger partial charge in [-0.1, -0.05) is 20.8 Å². The van der Waals surface area contributed by atoms with Crippen molar-refractivity contribution >= 4 is 5.91 Å². The van der Waals surface area contributed by atoms with Crippen LogP contribution in [0.4, 0.5) is 0 Å². The number of hydrogen-bond donors (Lipinski definition) is 3. The molecule has 3 N–H and O–H groups in total. The number of aryl methyl sites for hydroxylation is 1. The lowest BCUT2D eigenvalue weighted by Gasteiger charge is -2.40. The molecule has 1 aromatic heterocycles. The molecule has 2 heterocycles. The molecule has 1 fully saturated rings. The summed E-state index contributed by atoms with van der Waals surface area (Å²) in [5, 5.41) is 27.2. The highest BCUT2D eigenvalue weighted by molar-refractivity contribution is 5.94. The van der Waals surface area contributed by atoms with Gasteiger partial charge in [0.1, 0.15) is 12.2 Å². The summed E-state index contributed by atoms with van der Waals surface area (Å²) in [6.07, 6.45) is -1.23. The Balaban J connectivity index is 2.30. The molecule has 1 aliphatic heterocycles. The van der Waals surface area contributed by atoms with E-state index in [1.165, 1.54) is 0 Å². The number of hydrogen-bond acceptors (Lipinski definition) is 5. The Bertz CT molecular complexity index is 543. The molecule has 0 saturated carbocycles. The largest absolute Gasteiger partial charge is 0.388 e. The number of carbonyl (C=O) groups is 1. The highest BCUT2D eigenvalue weighted by Crippen LogP contribution is 2.21. The molecule has 0 spiro atoms. The number of H-pyrrole nitrogens is 1. The highest BCUT2D eigenvalue weighted by Gasteiger charge is 2.39. The molecule has 7 heteroatoms. The molecular formula is C16H27N3O4. The summed E-state index contributed by atoms with van der Waals surface area (Å²) in [5.74, 6) is -0.0241. The van der Waals surface area contributed by atoms with Gasteiger partial charge < -0.3 is 19.8 Å². The smallest absolute Gasteiger partial charge is 0.275 e. The normalized spacial score (nSPS) is 24.9. The maximum atomic E-state index is 13.0. The van der Waals surface area contributed by atoms with E-state index in [1.807, 2.05) is 27.7 Å². The van der Waals surface area contributed by atoms with Crippen molar-refractivity contribution in [3.8, 4) is 0 Å². The first kappa shape index (κ1) is 17.9. The van der Waals surface area contributed by atoms with Crippen molar-refractivity contribution < 1.29 is 19.7 Å². The van der Waals surface area contributed by atoms with Crippen molar-refractivity contribution in [3.63, 3.8) is 0 Å². The first-order valence-corrected chi connectivity index (χ1v) is 8.15. The number of aromatic amines is 1. The summed E-state index contributed by atoms with van der Waals surface area (Å²) in [6.45, 7) is 8.62. The second-order valence-corrected chi connectivity index (χ2v) is 6.54. The summed E-state index contributed by atoms with van der Waals surface area (Å²) in [7, 11) is 0. The van der Waals surface area contributed by atoms with Crippen molar-refractivity contribution in [2.75, 3.05) is 19.8 Å². The van der Waals surface area contributed by atoms with Gasteiger partial charge in [0, 0.05) is 17.8 Å². The summed E-state index contributed by atoms with van der Waals surface area (Å²) < 4.78 is 5.34. The topological polar surface area (TPSA) is 98.7 Å². The van der Waals surface area contributed by atoms with Gasteiger partial charge in [0.25, 0.3) is 5.91 Å². The molecule has 7 nitrogen and oxygen atoms in total. The Kier molecular flexibility index (Phi) is 5.78. The van der Waals surface area contributed by atoms with E-state index in [4.69, 9.17) is 4.74 Å². The summed E-state index contributed by atoms with van der Waals surface area (Å²) in [5.41, 5.74) is 2.13. The number of nitrogens with one attached hydrogen (secondary N) is 1. The molecule has 0 aromatic carbocycles. The van der Waals surface area contributed by atoms with Gasteiger partial charge in [0.2, 0.25) is 0 Å². The fourth-order valence-corrected chi connectivity index (χ4v) is 2.92. The lowest BCUT2D eigenvalue weighted by atomic mass is 10.00. The minimum Gasteiger partial charge on any atom is -0.388 e. The molecule has 1 aromatic rings. The first-order chi connectivity index (χ1) is 10.9. The molecule has 23 heavy (non-hydrogen) atoms. The van der Waals surface area contributed by atoms with Crippen LogP contribution < -0.4 is 0 Å². The fourth-order valence-electron chi connectivity index (χ4n) is 2.92. The van der Waals surface area contributed by atoms with Crippen LogP contribution in [0.2, 0.25) is 0 Å². The van der Waals surface area contributed by atoms with Crippen LogP contribution >= 0.6 is 0 Å². The first-order valence-electron chi connectivity index (χ1n) is 8.15. The van der Waals surface area contributed by atoms with E-state index >= 15 is 0 Å². The number of aromatic nitrogens is 2. The van der Waals surface area contributed by atoms with Gasteiger partial charge in [-0.15, -0.1) is 0 Å². The molecule has 1 saturated heterocycles. The monoisotopic (exact) mass is 325 g/mol. The Labute approximate surface area is 136 Å². The lowest BCUT2D eigenvalue weighted by Crippen LogP contribution is -2.58. The SMILES string of the molecule is CCc1[nH]nc(C(=O)N(CC(C)C)[C@@H]2COC[C@@H](O)[C@H]2O)c1C. The van der Waals surface area contributed by atoms with E-state index in [2.05, 4.69) is 10.2 Å². The molecular weight excluding hydrogens is 298 g/mol. The second-order valence-electron chi connectivity index (χ2n) is 6.54. The number of rotatable bonds is 5. The number of aliphatic hydroxyl groups excluding tert-OH is 2.